The molecule has 6 nitrogen and oxygen atoms in total. The number of aromatic hydroxyl groups is 2. The first-order valence-corrected chi connectivity index (χ1v) is 5.42. The summed E-state index contributed by atoms with van der Waals surface area (Å²) in [5, 5.41) is 22.4. The van der Waals surface area contributed by atoms with Crippen molar-refractivity contribution in [2.24, 2.45) is 5.10 Å². The summed E-state index contributed by atoms with van der Waals surface area (Å²) < 4.78 is 0. The Balaban J connectivity index is 2.04. The second-order valence-electron chi connectivity index (χ2n) is 3.68. The maximum Gasteiger partial charge on any atom is 0.275 e. The molecule has 2 rings (SSSR count). The van der Waals surface area contributed by atoms with Crippen LogP contribution < -0.4 is 5.43 Å². The lowest BCUT2D eigenvalue weighted by atomic mass is 10.2. The van der Waals surface area contributed by atoms with Gasteiger partial charge in [-0.25, -0.2) is 5.43 Å². The topological polar surface area (TPSA) is 94.8 Å². The number of hydrogen-bond donors (Lipinski definition) is 3. The Hall–Kier alpha value is -2.89. The molecular formula is C13H11N3O3. The minimum absolute atomic E-state index is 0.0321. The van der Waals surface area contributed by atoms with Crippen LogP contribution in [-0.4, -0.2) is 27.3 Å². The van der Waals surface area contributed by atoms with E-state index in [4.69, 9.17) is 5.11 Å². The number of hydrazone groups is 1. The molecule has 0 aliphatic heterocycles. The third-order valence-corrected chi connectivity index (χ3v) is 2.31. The van der Waals surface area contributed by atoms with Gasteiger partial charge in [-0.2, -0.15) is 5.10 Å². The van der Waals surface area contributed by atoms with Gasteiger partial charge in [0, 0.05) is 18.5 Å². The minimum atomic E-state index is -0.567. The van der Waals surface area contributed by atoms with Crippen LogP contribution in [0.15, 0.2) is 47.8 Å². The van der Waals surface area contributed by atoms with Crippen LogP contribution in [0.4, 0.5) is 0 Å². The SMILES string of the molecule is O=C(N/N=C\c1ccncc1)c1ccc(O)cc1O. The van der Waals surface area contributed by atoms with E-state index >= 15 is 0 Å². The largest absolute Gasteiger partial charge is 0.508 e. The van der Waals surface area contributed by atoms with E-state index in [0.717, 1.165) is 11.6 Å². The molecule has 0 atom stereocenters. The third kappa shape index (κ3) is 3.29. The van der Waals surface area contributed by atoms with E-state index in [1.54, 1.807) is 24.5 Å². The first kappa shape index (κ1) is 12.6. The van der Waals surface area contributed by atoms with Crippen LogP contribution in [0.2, 0.25) is 0 Å². The van der Waals surface area contributed by atoms with E-state index in [2.05, 4.69) is 15.5 Å². The van der Waals surface area contributed by atoms with Crippen molar-refractivity contribution < 1.29 is 15.0 Å². The molecule has 1 aromatic carbocycles. The van der Waals surface area contributed by atoms with Crippen molar-refractivity contribution in [1.82, 2.24) is 10.4 Å². The van der Waals surface area contributed by atoms with Crippen LogP contribution in [0.25, 0.3) is 0 Å². The first-order chi connectivity index (χ1) is 9.16. The highest BCUT2D eigenvalue weighted by atomic mass is 16.3. The van der Waals surface area contributed by atoms with Gasteiger partial charge in [0.15, 0.2) is 0 Å². The zero-order chi connectivity index (χ0) is 13.7. The molecule has 1 aromatic heterocycles. The molecule has 1 heterocycles. The maximum atomic E-state index is 11.7. The molecule has 6 heteroatoms. The highest BCUT2D eigenvalue weighted by Gasteiger charge is 2.10. The molecule has 0 unspecified atom stereocenters. The van der Waals surface area contributed by atoms with E-state index in [1.165, 1.54) is 18.3 Å². The monoisotopic (exact) mass is 257 g/mol. The number of benzene rings is 1. The fraction of sp³-hybridized carbons (Fsp3) is 0. The number of hydrogen-bond acceptors (Lipinski definition) is 5. The van der Waals surface area contributed by atoms with Crippen LogP contribution in [0, 0.1) is 0 Å². The zero-order valence-corrected chi connectivity index (χ0v) is 9.82. The van der Waals surface area contributed by atoms with Gasteiger partial charge in [-0.1, -0.05) is 0 Å². The molecule has 0 aliphatic carbocycles. The Labute approximate surface area is 109 Å². The summed E-state index contributed by atoms with van der Waals surface area (Å²) in [6.45, 7) is 0. The molecule has 3 N–H and O–H groups in total. The van der Waals surface area contributed by atoms with Crippen LogP contribution in [-0.2, 0) is 0 Å². The number of phenolic OH excluding ortho intramolecular Hbond substituents is 2. The summed E-state index contributed by atoms with van der Waals surface area (Å²) in [7, 11) is 0. The molecule has 0 aliphatic rings. The summed E-state index contributed by atoms with van der Waals surface area (Å²) in [5.41, 5.74) is 3.09. The Bertz CT molecular complexity index is 612. The van der Waals surface area contributed by atoms with E-state index in [1.807, 2.05) is 0 Å². The average Bonchev–Trinajstić information content (AvgIpc) is 2.39. The quantitative estimate of drug-likeness (QED) is 0.569. The third-order valence-electron chi connectivity index (χ3n) is 2.31. The second kappa shape index (κ2) is 5.63. The molecule has 0 bridgehead atoms. The summed E-state index contributed by atoms with van der Waals surface area (Å²) >= 11 is 0. The van der Waals surface area contributed by atoms with Gasteiger partial charge in [-0.15, -0.1) is 0 Å². The van der Waals surface area contributed by atoms with Crippen molar-refractivity contribution in [3.05, 3.63) is 53.9 Å². The van der Waals surface area contributed by atoms with Crippen molar-refractivity contribution in [3.8, 4) is 11.5 Å². The van der Waals surface area contributed by atoms with Gasteiger partial charge in [0.05, 0.1) is 11.8 Å². The number of carbonyl (C=O) groups excluding carboxylic acids is 1. The molecular weight excluding hydrogens is 246 g/mol. The standard InChI is InChI=1S/C13H11N3O3/c17-10-1-2-11(12(18)7-10)13(19)16-15-8-9-3-5-14-6-4-9/h1-8,17-18H,(H,16,19)/b15-8-. The average molecular weight is 257 g/mol. The number of aromatic nitrogens is 1. The van der Waals surface area contributed by atoms with Gasteiger partial charge in [0.1, 0.15) is 11.5 Å². The number of pyridine rings is 1. The number of carbonyl (C=O) groups is 1. The fourth-order valence-electron chi connectivity index (χ4n) is 1.39. The Morgan fingerprint density at radius 1 is 1.21 bits per heavy atom. The number of nitrogens with zero attached hydrogens (tertiary/aromatic N) is 2. The summed E-state index contributed by atoms with van der Waals surface area (Å²) in [6, 6.07) is 7.16. The highest BCUT2D eigenvalue weighted by Crippen LogP contribution is 2.22. The lowest BCUT2D eigenvalue weighted by molar-refractivity contribution is 0.0952. The molecule has 19 heavy (non-hydrogen) atoms. The number of amides is 1. The summed E-state index contributed by atoms with van der Waals surface area (Å²) in [4.78, 5) is 15.5. The lowest BCUT2D eigenvalue weighted by Gasteiger charge is -2.03. The molecule has 0 radical (unpaired) electrons. The Kier molecular flexibility index (Phi) is 3.72. The Morgan fingerprint density at radius 3 is 2.63 bits per heavy atom. The molecule has 0 saturated carbocycles. The summed E-state index contributed by atoms with van der Waals surface area (Å²) in [5.74, 6) is -0.992. The minimum Gasteiger partial charge on any atom is -0.508 e. The fourth-order valence-corrected chi connectivity index (χ4v) is 1.39. The van der Waals surface area contributed by atoms with Crippen LogP contribution >= 0.6 is 0 Å². The van der Waals surface area contributed by atoms with Gasteiger partial charge >= 0.3 is 0 Å². The predicted molar refractivity (Wildman–Crippen MR) is 69.1 cm³/mol. The van der Waals surface area contributed by atoms with Crippen molar-refractivity contribution >= 4 is 12.1 Å². The molecule has 1 amide bonds. The second-order valence-corrected chi connectivity index (χ2v) is 3.68. The smallest absolute Gasteiger partial charge is 0.275 e. The molecule has 96 valence electrons. The normalized spacial score (nSPS) is 10.5. The summed E-state index contributed by atoms with van der Waals surface area (Å²) in [6.07, 6.45) is 4.67. The molecule has 2 aromatic rings. The van der Waals surface area contributed by atoms with Crippen molar-refractivity contribution in [1.29, 1.82) is 0 Å². The predicted octanol–water partition coefficient (Wildman–Crippen LogP) is 1.26. The molecule has 0 fully saturated rings. The zero-order valence-electron chi connectivity index (χ0n) is 9.82. The number of rotatable bonds is 3. The number of nitrogens with one attached hydrogen (secondary N) is 1. The van der Waals surface area contributed by atoms with Crippen molar-refractivity contribution in [3.63, 3.8) is 0 Å². The van der Waals surface area contributed by atoms with E-state index in [-0.39, 0.29) is 17.1 Å². The van der Waals surface area contributed by atoms with Crippen molar-refractivity contribution in [2.45, 2.75) is 0 Å². The van der Waals surface area contributed by atoms with Gasteiger partial charge in [-0.3, -0.25) is 9.78 Å². The maximum absolute atomic E-state index is 11.7. The van der Waals surface area contributed by atoms with Gasteiger partial charge < -0.3 is 10.2 Å². The first-order valence-electron chi connectivity index (χ1n) is 5.42. The van der Waals surface area contributed by atoms with Crippen LogP contribution in [0.1, 0.15) is 15.9 Å². The molecule has 0 saturated heterocycles. The van der Waals surface area contributed by atoms with Crippen molar-refractivity contribution in [2.75, 3.05) is 0 Å². The van der Waals surface area contributed by atoms with E-state index in [9.17, 15) is 9.90 Å². The van der Waals surface area contributed by atoms with Crippen LogP contribution in [0.3, 0.4) is 0 Å². The van der Waals surface area contributed by atoms with Gasteiger partial charge in [0.25, 0.3) is 5.91 Å². The van der Waals surface area contributed by atoms with Gasteiger partial charge in [0.2, 0.25) is 0 Å². The van der Waals surface area contributed by atoms with E-state index in [0.29, 0.717) is 0 Å². The Morgan fingerprint density at radius 2 is 1.95 bits per heavy atom. The van der Waals surface area contributed by atoms with E-state index < -0.39 is 5.91 Å². The lowest BCUT2D eigenvalue weighted by Crippen LogP contribution is -2.17. The highest BCUT2D eigenvalue weighted by molar-refractivity contribution is 5.97. The molecule has 0 spiro atoms. The van der Waals surface area contributed by atoms with Crippen LogP contribution in [0.5, 0.6) is 11.5 Å². The van der Waals surface area contributed by atoms with Gasteiger partial charge in [-0.05, 0) is 29.8 Å². The number of phenols is 2.